The van der Waals surface area contributed by atoms with Gasteiger partial charge in [0.25, 0.3) is 0 Å². The van der Waals surface area contributed by atoms with Gasteiger partial charge in [0.1, 0.15) is 0 Å². The molecule has 1 aliphatic rings. The van der Waals surface area contributed by atoms with Crippen LogP contribution >= 0.6 is 0 Å². The summed E-state index contributed by atoms with van der Waals surface area (Å²) in [6, 6.07) is 8.48. The van der Waals surface area contributed by atoms with E-state index in [-0.39, 0.29) is 5.91 Å². The molecule has 22 heavy (non-hydrogen) atoms. The number of likely N-dealkylation sites (tertiary alicyclic amines) is 1. The topological polar surface area (TPSA) is 44.4 Å². The fourth-order valence-electron chi connectivity index (χ4n) is 2.94. The highest BCUT2D eigenvalue weighted by Gasteiger charge is 2.12. The summed E-state index contributed by atoms with van der Waals surface area (Å²) in [5.74, 6) is 0.110. The molecule has 4 heteroatoms. The summed E-state index contributed by atoms with van der Waals surface area (Å²) in [5.41, 5.74) is 2.59. The summed E-state index contributed by atoms with van der Waals surface area (Å²) < 4.78 is 0. The highest BCUT2D eigenvalue weighted by atomic mass is 16.1. The summed E-state index contributed by atoms with van der Waals surface area (Å²) >= 11 is 0. The second kappa shape index (κ2) is 9.59. The standard InChI is InChI=1S/C18H29N3O/c1-19-11-10-18(22)20-14-16-8-4-5-9-17(16)15-21-12-6-2-3-7-13-21/h4-5,8-9,19H,2-3,6-7,10-15H2,1H3,(H,20,22). The number of hydrogen-bond acceptors (Lipinski definition) is 3. The van der Waals surface area contributed by atoms with E-state index in [0.717, 1.165) is 13.1 Å². The minimum atomic E-state index is 0.110. The van der Waals surface area contributed by atoms with Gasteiger partial charge in [0.05, 0.1) is 0 Å². The van der Waals surface area contributed by atoms with Gasteiger partial charge >= 0.3 is 0 Å². The van der Waals surface area contributed by atoms with Crippen molar-refractivity contribution >= 4 is 5.91 Å². The van der Waals surface area contributed by atoms with Gasteiger partial charge in [0.15, 0.2) is 0 Å². The van der Waals surface area contributed by atoms with Gasteiger partial charge in [-0.1, -0.05) is 37.1 Å². The molecule has 0 saturated carbocycles. The fraction of sp³-hybridized carbons (Fsp3) is 0.611. The average molecular weight is 303 g/mol. The molecule has 122 valence electrons. The van der Waals surface area contributed by atoms with Crippen molar-refractivity contribution < 1.29 is 4.79 Å². The van der Waals surface area contributed by atoms with E-state index >= 15 is 0 Å². The van der Waals surface area contributed by atoms with Gasteiger partial charge in [-0.3, -0.25) is 9.69 Å². The normalized spacial score (nSPS) is 16.2. The van der Waals surface area contributed by atoms with Crippen LogP contribution in [0.3, 0.4) is 0 Å². The summed E-state index contributed by atoms with van der Waals surface area (Å²) in [4.78, 5) is 14.3. The molecule has 0 unspecified atom stereocenters. The van der Waals surface area contributed by atoms with Crippen LogP contribution in [0, 0.1) is 0 Å². The largest absolute Gasteiger partial charge is 0.352 e. The zero-order valence-corrected chi connectivity index (χ0v) is 13.7. The summed E-state index contributed by atoms with van der Waals surface area (Å²) in [7, 11) is 1.86. The lowest BCUT2D eigenvalue weighted by Crippen LogP contribution is -2.28. The molecule has 2 N–H and O–H groups in total. The van der Waals surface area contributed by atoms with Crippen LogP contribution in [-0.4, -0.2) is 37.5 Å². The number of nitrogens with one attached hydrogen (secondary N) is 2. The first-order chi connectivity index (χ1) is 10.8. The maximum atomic E-state index is 11.8. The zero-order valence-electron chi connectivity index (χ0n) is 13.7. The average Bonchev–Trinajstić information content (AvgIpc) is 2.81. The molecule has 0 atom stereocenters. The predicted molar refractivity (Wildman–Crippen MR) is 90.6 cm³/mol. The summed E-state index contributed by atoms with van der Waals surface area (Å²) in [6.07, 6.45) is 5.87. The Morgan fingerprint density at radius 1 is 1.09 bits per heavy atom. The minimum Gasteiger partial charge on any atom is -0.352 e. The quantitative estimate of drug-likeness (QED) is 0.812. The second-order valence-corrected chi connectivity index (χ2v) is 6.09. The van der Waals surface area contributed by atoms with Crippen LogP contribution in [0.1, 0.15) is 43.2 Å². The molecule has 4 nitrogen and oxygen atoms in total. The first-order valence-corrected chi connectivity index (χ1v) is 8.50. The Labute approximate surface area is 134 Å². The van der Waals surface area contributed by atoms with Gasteiger partial charge in [-0.15, -0.1) is 0 Å². The Balaban J connectivity index is 1.89. The second-order valence-electron chi connectivity index (χ2n) is 6.09. The van der Waals surface area contributed by atoms with Crippen molar-refractivity contribution in [1.82, 2.24) is 15.5 Å². The number of benzene rings is 1. The van der Waals surface area contributed by atoms with Crippen LogP contribution in [0.2, 0.25) is 0 Å². The first kappa shape index (κ1) is 17.0. The molecule has 1 heterocycles. The van der Waals surface area contributed by atoms with E-state index in [1.807, 2.05) is 7.05 Å². The van der Waals surface area contributed by atoms with E-state index in [4.69, 9.17) is 0 Å². The van der Waals surface area contributed by atoms with E-state index in [1.165, 1.54) is 49.9 Å². The van der Waals surface area contributed by atoms with Gasteiger partial charge in [-0.05, 0) is 44.1 Å². The minimum absolute atomic E-state index is 0.110. The molecule has 1 amide bonds. The van der Waals surface area contributed by atoms with Crippen molar-refractivity contribution in [2.24, 2.45) is 0 Å². The molecule has 1 aromatic carbocycles. The number of carbonyl (C=O) groups excluding carboxylic acids is 1. The molecule has 0 aliphatic carbocycles. The SMILES string of the molecule is CNCCC(=O)NCc1ccccc1CN1CCCCCC1. The van der Waals surface area contributed by atoms with Crippen LogP contribution in [0.15, 0.2) is 24.3 Å². The molecule has 1 aromatic rings. The van der Waals surface area contributed by atoms with E-state index < -0.39 is 0 Å². The lowest BCUT2D eigenvalue weighted by molar-refractivity contribution is -0.121. The van der Waals surface area contributed by atoms with Crippen molar-refractivity contribution in [3.8, 4) is 0 Å². The molecule has 1 fully saturated rings. The smallest absolute Gasteiger partial charge is 0.221 e. The van der Waals surface area contributed by atoms with Gasteiger partial charge < -0.3 is 10.6 Å². The lowest BCUT2D eigenvalue weighted by atomic mass is 10.1. The molecule has 2 rings (SSSR count). The Kier molecular flexibility index (Phi) is 7.40. The molecule has 0 aromatic heterocycles. The summed E-state index contributed by atoms with van der Waals surface area (Å²) in [6.45, 7) is 4.75. The number of amides is 1. The number of hydrogen-bond donors (Lipinski definition) is 2. The molecule has 0 spiro atoms. The van der Waals surface area contributed by atoms with Gasteiger partial charge in [0, 0.05) is 26.1 Å². The van der Waals surface area contributed by atoms with Gasteiger partial charge in [-0.2, -0.15) is 0 Å². The van der Waals surface area contributed by atoms with E-state index in [9.17, 15) is 4.79 Å². The van der Waals surface area contributed by atoms with Crippen LogP contribution in [0.25, 0.3) is 0 Å². The number of rotatable bonds is 7. The zero-order chi connectivity index (χ0) is 15.6. The maximum absolute atomic E-state index is 11.8. The maximum Gasteiger partial charge on any atom is 0.221 e. The van der Waals surface area contributed by atoms with E-state index in [2.05, 4.69) is 39.8 Å². The van der Waals surface area contributed by atoms with Crippen molar-refractivity contribution in [3.05, 3.63) is 35.4 Å². The Bertz CT molecular complexity index is 453. The predicted octanol–water partition coefficient (Wildman–Crippen LogP) is 2.29. The van der Waals surface area contributed by atoms with Crippen LogP contribution in [0.5, 0.6) is 0 Å². The Morgan fingerprint density at radius 2 is 1.77 bits per heavy atom. The molecule has 0 bridgehead atoms. The van der Waals surface area contributed by atoms with Crippen molar-refractivity contribution in [2.75, 3.05) is 26.7 Å². The Morgan fingerprint density at radius 3 is 2.45 bits per heavy atom. The van der Waals surface area contributed by atoms with Crippen molar-refractivity contribution in [2.45, 2.75) is 45.2 Å². The van der Waals surface area contributed by atoms with Crippen molar-refractivity contribution in [3.63, 3.8) is 0 Å². The molecular weight excluding hydrogens is 274 g/mol. The number of nitrogens with zero attached hydrogens (tertiary/aromatic N) is 1. The Hall–Kier alpha value is -1.39. The molecular formula is C18H29N3O. The molecule has 1 saturated heterocycles. The highest BCUT2D eigenvalue weighted by molar-refractivity contribution is 5.76. The lowest BCUT2D eigenvalue weighted by Gasteiger charge is -2.21. The summed E-state index contributed by atoms with van der Waals surface area (Å²) in [5, 5.41) is 6.03. The third kappa shape index (κ3) is 5.78. The third-order valence-electron chi connectivity index (χ3n) is 4.29. The fourth-order valence-corrected chi connectivity index (χ4v) is 2.94. The monoisotopic (exact) mass is 303 g/mol. The van der Waals surface area contributed by atoms with E-state index in [0.29, 0.717) is 13.0 Å². The number of carbonyl (C=O) groups is 1. The molecule has 0 radical (unpaired) electrons. The van der Waals surface area contributed by atoms with Crippen LogP contribution in [0.4, 0.5) is 0 Å². The van der Waals surface area contributed by atoms with Crippen molar-refractivity contribution in [1.29, 1.82) is 0 Å². The van der Waals surface area contributed by atoms with Gasteiger partial charge in [0.2, 0.25) is 5.91 Å². The van der Waals surface area contributed by atoms with E-state index in [1.54, 1.807) is 0 Å². The first-order valence-electron chi connectivity index (χ1n) is 8.50. The highest BCUT2D eigenvalue weighted by Crippen LogP contribution is 2.16. The third-order valence-corrected chi connectivity index (χ3v) is 4.29. The van der Waals surface area contributed by atoms with Crippen LogP contribution in [-0.2, 0) is 17.9 Å². The van der Waals surface area contributed by atoms with Gasteiger partial charge in [-0.25, -0.2) is 0 Å². The van der Waals surface area contributed by atoms with Crippen LogP contribution < -0.4 is 10.6 Å². The molecule has 1 aliphatic heterocycles.